The highest BCUT2D eigenvalue weighted by molar-refractivity contribution is 8.00. The first-order chi connectivity index (χ1) is 13.3. The number of anilines is 1. The number of aryl methyl sites for hydroxylation is 1. The molecule has 0 saturated heterocycles. The number of nitrogens with zero attached hydrogens (tertiary/aromatic N) is 4. The van der Waals surface area contributed by atoms with Crippen LogP contribution in [0.25, 0.3) is 5.69 Å². The Labute approximate surface area is 170 Å². The van der Waals surface area contributed by atoms with E-state index in [1.807, 2.05) is 25.1 Å². The summed E-state index contributed by atoms with van der Waals surface area (Å²) in [5.74, 6) is -0.254. The van der Waals surface area contributed by atoms with Crippen molar-refractivity contribution >= 4 is 40.6 Å². The van der Waals surface area contributed by atoms with Crippen molar-refractivity contribution in [2.75, 3.05) is 5.32 Å². The van der Waals surface area contributed by atoms with Gasteiger partial charge in [-0.1, -0.05) is 29.4 Å². The van der Waals surface area contributed by atoms with Gasteiger partial charge in [0, 0.05) is 22.8 Å². The van der Waals surface area contributed by atoms with Crippen LogP contribution >= 0.6 is 23.4 Å². The number of aromatic nitrogens is 3. The van der Waals surface area contributed by atoms with Crippen LogP contribution in [0, 0.1) is 17.0 Å². The maximum atomic E-state index is 12.5. The zero-order valence-electron chi connectivity index (χ0n) is 15.0. The molecule has 0 saturated carbocycles. The van der Waals surface area contributed by atoms with Gasteiger partial charge in [0.2, 0.25) is 5.91 Å². The lowest BCUT2D eigenvalue weighted by molar-refractivity contribution is -0.384. The number of halogens is 1. The second kappa shape index (κ2) is 8.41. The Balaban J connectivity index is 1.70. The minimum Gasteiger partial charge on any atom is -0.325 e. The van der Waals surface area contributed by atoms with Crippen molar-refractivity contribution in [3.05, 3.63) is 69.5 Å². The minimum absolute atomic E-state index is 0.0368. The number of hydrogen-bond acceptors (Lipinski definition) is 6. The van der Waals surface area contributed by atoms with Crippen LogP contribution in [0.1, 0.15) is 12.5 Å². The van der Waals surface area contributed by atoms with E-state index in [1.54, 1.807) is 17.8 Å². The average Bonchev–Trinajstić information content (AvgIpc) is 3.12. The van der Waals surface area contributed by atoms with Gasteiger partial charge < -0.3 is 5.32 Å². The van der Waals surface area contributed by atoms with E-state index in [1.165, 1.54) is 36.0 Å². The lowest BCUT2D eigenvalue weighted by Crippen LogP contribution is -2.22. The fourth-order valence-corrected chi connectivity index (χ4v) is 3.35. The number of rotatable bonds is 6. The Morgan fingerprint density at radius 3 is 2.64 bits per heavy atom. The van der Waals surface area contributed by atoms with Gasteiger partial charge in [0.1, 0.15) is 6.33 Å². The monoisotopic (exact) mass is 417 g/mol. The summed E-state index contributed by atoms with van der Waals surface area (Å²) in [6, 6.07) is 11.3. The molecule has 0 radical (unpaired) electrons. The molecule has 0 bridgehead atoms. The zero-order valence-corrected chi connectivity index (χ0v) is 16.6. The molecular weight excluding hydrogens is 402 g/mol. The molecule has 1 N–H and O–H groups in total. The van der Waals surface area contributed by atoms with Crippen LogP contribution in [0.2, 0.25) is 5.02 Å². The first-order valence-electron chi connectivity index (χ1n) is 8.23. The van der Waals surface area contributed by atoms with Crippen molar-refractivity contribution in [2.24, 2.45) is 0 Å². The normalized spacial score (nSPS) is 11.8. The number of non-ortho nitro benzene ring substituents is 1. The fourth-order valence-electron chi connectivity index (χ4n) is 2.34. The van der Waals surface area contributed by atoms with Crippen LogP contribution in [0.3, 0.4) is 0 Å². The van der Waals surface area contributed by atoms with E-state index < -0.39 is 10.2 Å². The summed E-state index contributed by atoms with van der Waals surface area (Å²) in [4.78, 5) is 22.7. The van der Waals surface area contributed by atoms with E-state index in [-0.39, 0.29) is 11.6 Å². The average molecular weight is 418 g/mol. The molecule has 3 aromatic rings. The van der Waals surface area contributed by atoms with Crippen LogP contribution < -0.4 is 5.32 Å². The van der Waals surface area contributed by atoms with E-state index >= 15 is 0 Å². The molecule has 28 heavy (non-hydrogen) atoms. The summed E-state index contributed by atoms with van der Waals surface area (Å²) in [5, 5.41) is 22.2. The van der Waals surface area contributed by atoms with E-state index in [0.717, 1.165) is 11.3 Å². The van der Waals surface area contributed by atoms with E-state index in [0.29, 0.717) is 15.9 Å². The molecule has 8 nitrogen and oxygen atoms in total. The van der Waals surface area contributed by atoms with Crippen LogP contribution in [0.5, 0.6) is 0 Å². The Kier molecular flexibility index (Phi) is 5.96. The highest BCUT2D eigenvalue weighted by atomic mass is 35.5. The SMILES string of the molecule is Cc1ccc(-n2cnnc2SC(C)C(=O)Nc2ccc([N+](=O)[O-])cc2)cc1Cl. The van der Waals surface area contributed by atoms with Crippen molar-refractivity contribution in [3.8, 4) is 5.69 Å². The molecule has 0 aliphatic rings. The molecule has 0 aliphatic heterocycles. The zero-order chi connectivity index (χ0) is 20.3. The van der Waals surface area contributed by atoms with Crippen molar-refractivity contribution < 1.29 is 9.72 Å². The lowest BCUT2D eigenvalue weighted by atomic mass is 10.2. The first kappa shape index (κ1) is 19.8. The summed E-state index contributed by atoms with van der Waals surface area (Å²) < 4.78 is 1.76. The number of nitro groups is 1. The van der Waals surface area contributed by atoms with Crippen LogP contribution in [-0.4, -0.2) is 30.8 Å². The van der Waals surface area contributed by atoms with Gasteiger partial charge >= 0.3 is 0 Å². The highest BCUT2D eigenvalue weighted by Gasteiger charge is 2.19. The Hall–Kier alpha value is -2.91. The second-order valence-corrected chi connectivity index (χ2v) is 7.69. The molecule has 1 amide bonds. The molecule has 1 atom stereocenters. The Bertz CT molecular complexity index is 1020. The molecule has 1 aromatic heterocycles. The molecule has 144 valence electrons. The van der Waals surface area contributed by atoms with E-state index in [2.05, 4.69) is 15.5 Å². The highest BCUT2D eigenvalue weighted by Crippen LogP contribution is 2.27. The van der Waals surface area contributed by atoms with E-state index in [9.17, 15) is 14.9 Å². The van der Waals surface area contributed by atoms with Crippen molar-refractivity contribution in [3.63, 3.8) is 0 Å². The third-order valence-corrected chi connectivity index (χ3v) is 5.41. The number of nitro benzene ring substituents is 1. The molecular formula is C18H16ClN5O3S. The maximum absolute atomic E-state index is 12.5. The molecule has 10 heteroatoms. The van der Waals surface area contributed by atoms with Gasteiger partial charge in [-0.25, -0.2) is 0 Å². The largest absolute Gasteiger partial charge is 0.325 e. The van der Waals surface area contributed by atoms with E-state index in [4.69, 9.17) is 11.6 Å². The van der Waals surface area contributed by atoms with Gasteiger partial charge in [-0.3, -0.25) is 19.5 Å². The number of nitrogens with one attached hydrogen (secondary N) is 1. The Morgan fingerprint density at radius 1 is 1.29 bits per heavy atom. The number of thioether (sulfide) groups is 1. The van der Waals surface area contributed by atoms with Crippen molar-refractivity contribution in [2.45, 2.75) is 24.3 Å². The third-order valence-electron chi connectivity index (χ3n) is 3.95. The molecule has 1 unspecified atom stereocenters. The number of carbonyl (C=O) groups excluding carboxylic acids is 1. The standard InChI is InChI=1S/C18H16ClN5O3S/c1-11-3-6-15(9-16(11)19)23-10-20-22-18(23)28-12(2)17(25)21-13-4-7-14(8-5-13)24(26)27/h3-10,12H,1-2H3,(H,21,25). The summed E-state index contributed by atoms with van der Waals surface area (Å²) in [6.07, 6.45) is 1.56. The Morgan fingerprint density at radius 2 is 2.00 bits per heavy atom. The van der Waals surface area contributed by atoms with Gasteiger partial charge in [0.25, 0.3) is 5.69 Å². The third kappa shape index (κ3) is 4.49. The van der Waals surface area contributed by atoms with Crippen molar-refractivity contribution in [1.82, 2.24) is 14.8 Å². The van der Waals surface area contributed by atoms with Gasteiger partial charge in [-0.15, -0.1) is 10.2 Å². The summed E-state index contributed by atoms with van der Waals surface area (Å²) >= 11 is 7.44. The van der Waals surface area contributed by atoms with Gasteiger partial charge in [0.15, 0.2) is 5.16 Å². The molecule has 0 spiro atoms. The fraction of sp³-hybridized carbons (Fsp3) is 0.167. The second-order valence-electron chi connectivity index (χ2n) is 5.97. The van der Waals surface area contributed by atoms with Gasteiger partial charge in [0.05, 0.1) is 15.9 Å². The van der Waals surface area contributed by atoms with Crippen LogP contribution in [0.4, 0.5) is 11.4 Å². The van der Waals surface area contributed by atoms with Crippen LogP contribution in [0.15, 0.2) is 53.9 Å². The summed E-state index contributed by atoms with van der Waals surface area (Å²) in [6.45, 7) is 3.66. The number of benzene rings is 2. The maximum Gasteiger partial charge on any atom is 0.269 e. The predicted octanol–water partition coefficient (Wildman–Crippen LogP) is 4.26. The topological polar surface area (TPSA) is 103 Å². The quantitative estimate of drug-likeness (QED) is 0.365. The van der Waals surface area contributed by atoms with Crippen molar-refractivity contribution in [1.29, 1.82) is 0 Å². The number of amides is 1. The molecule has 0 aliphatic carbocycles. The molecule has 0 fully saturated rings. The molecule has 1 heterocycles. The summed E-state index contributed by atoms with van der Waals surface area (Å²) in [7, 11) is 0. The summed E-state index contributed by atoms with van der Waals surface area (Å²) in [5.41, 5.74) is 2.20. The minimum atomic E-state index is -0.492. The van der Waals surface area contributed by atoms with Gasteiger partial charge in [-0.05, 0) is 43.7 Å². The molecule has 2 aromatic carbocycles. The van der Waals surface area contributed by atoms with Gasteiger partial charge in [-0.2, -0.15) is 0 Å². The molecule has 3 rings (SSSR count). The first-order valence-corrected chi connectivity index (χ1v) is 9.49. The smallest absolute Gasteiger partial charge is 0.269 e. The number of carbonyl (C=O) groups is 1. The van der Waals surface area contributed by atoms with Crippen LogP contribution in [-0.2, 0) is 4.79 Å². The predicted molar refractivity (Wildman–Crippen MR) is 108 cm³/mol. The number of hydrogen-bond donors (Lipinski definition) is 1. The lowest BCUT2D eigenvalue weighted by Gasteiger charge is -2.13.